The Labute approximate surface area is 152 Å². The molecule has 0 bridgehead atoms. The van der Waals surface area contributed by atoms with Crippen LogP contribution < -0.4 is 15.5 Å². The van der Waals surface area contributed by atoms with Crippen LogP contribution in [0, 0.1) is 5.92 Å². The molecule has 1 aromatic carbocycles. The van der Waals surface area contributed by atoms with Crippen LogP contribution in [0.25, 0.3) is 0 Å². The van der Waals surface area contributed by atoms with Crippen molar-refractivity contribution in [2.45, 2.75) is 25.9 Å². The highest BCUT2D eigenvalue weighted by molar-refractivity contribution is 6.29. The van der Waals surface area contributed by atoms with E-state index in [2.05, 4.69) is 32.4 Å². The summed E-state index contributed by atoms with van der Waals surface area (Å²) in [5.41, 5.74) is 1.10. The van der Waals surface area contributed by atoms with Gasteiger partial charge in [0.15, 0.2) is 0 Å². The van der Waals surface area contributed by atoms with Crippen LogP contribution in [0.2, 0.25) is 5.15 Å². The maximum absolute atomic E-state index is 12.5. The number of amides is 1. The fourth-order valence-corrected chi connectivity index (χ4v) is 3.31. The fourth-order valence-electron chi connectivity index (χ4n) is 3.13. The molecule has 6 nitrogen and oxygen atoms in total. The zero-order valence-corrected chi connectivity index (χ0v) is 15.1. The minimum absolute atomic E-state index is 0.0644. The molecule has 1 aromatic heterocycles. The highest BCUT2D eigenvalue weighted by Crippen LogP contribution is 2.29. The summed E-state index contributed by atoms with van der Waals surface area (Å²) in [5.74, 6) is 1.24. The Hall–Kier alpha value is -2.34. The number of benzene rings is 1. The first-order valence-corrected chi connectivity index (χ1v) is 8.75. The van der Waals surface area contributed by atoms with Gasteiger partial charge >= 0.3 is 0 Å². The van der Waals surface area contributed by atoms with Gasteiger partial charge in [-0.2, -0.15) is 4.98 Å². The number of hydrogen-bond donors (Lipinski definition) is 2. The predicted molar refractivity (Wildman–Crippen MR) is 99.8 cm³/mol. The topological polar surface area (TPSA) is 70.2 Å². The number of aromatic nitrogens is 2. The van der Waals surface area contributed by atoms with Crippen molar-refractivity contribution in [3.8, 4) is 0 Å². The first-order valence-electron chi connectivity index (χ1n) is 8.37. The van der Waals surface area contributed by atoms with E-state index in [1.807, 2.05) is 30.3 Å². The second-order valence-electron chi connectivity index (χ2n) is 6.26. The summed E-state index contributed by atoms with van der Waals surface area (Å²) in [7, 11) is 1.75. The van der Waals surface area contributed by atoms with Crippen molar-refractivity contribution in [2.24, 2.45) is 5.92 Å². The van der Waals surface area contributed by atoms with E-state index in [4.69, 9.17) is 11.6 Å². The maximum Gasteiger partial charge on any atom is 0.225 e. The molecule has 0 radical (unpaired) electrons. The van der Waals surface area contributed by atoms with Crippen molar-refractivity contribution in [3.05, 3.63) is 47.1 Å². The van der Waals surface area contributed by atoms with Gasteiger partial charge in [-0.25, -0.2) is 4.98 Å². The highest BCUT2D eigenvalue weighted by Gasteiger charge is 2.34. The molecule has 25 heavy (non-hydrogen) atoms. The molecule has 1 aliphatic rings. The molecular formula is C18H22ClN5O. The van der Waals surface area contributed by atoms with Gasteiger partial charge in [-0.3, -0.25) is 4.79 Å². The van der Waals surface area contributed by atoms with E-state index in [0.29, 0.717) is 24.2 Å². The summed E-state index contributed by atoms with van der Waals surface area (Å²) in [6.07, 6.45) is 0.789. The average molecular weight is 360 g/mol. The molecular weight excluding hydrogens is 338 g/mol. The molecule has 3 rings (SSSR count). The molecule has 132 valence electrons. The normalized spacial score (nSPS) is 19.7. The van der Waals surface area contributed by atoms with Crippen LogP contribution in [0.5, 0.6) is 0 Å². The quantitative estimate of drug-likeness (QED) is 0.803. The van der Waals surface area contributed by atoms with Gasteiger partial charge in [0.05, 0.1) is 5.92 Å². The van der Waals surface area contributed by atoms with Crippen molar-refractivity contribution in [1.29, 1.82) is 0 Å². The summed E-state index contributed by atoms with van der Waals surface area (Å²) < 4.78 is 0. The number of carbonyl (C=O) groups is 1. The third-order valence-corrected chi connectivity index (χ3v) is 4.65. The van der Waals surface area contributed by atoms with Gasteiger partial charge in [-0.1, -0.05) is 41.9 Å². The SMILES string of the molecule is CNc1nc(Cl)cc(N2C[C@H](C(=O)NCc3ccccc3)C[C@@H]2C)n1. The number of halogens is 1. The van der Waals surface area contributed by atoms with Gasteiger partial charge in [-0.05, 0) is 18.9 Å². The molecule has 1 amide bonds. The smallest absolute Gasteiger partial charge is 0.225 e. The summed E-state index contributed by atoms with van der Waals surface area (Å²) >= 11 is 6.07. The molecule has 1 aliphatic heterocycles. The zero-order valence-electron chi connectivity index (χ0n) is 14.4. The number of hydrogen-bond acceptors (Lipinski definition) is 5. The Morgan fingerprint density at radius 2 is 2.08 bits per heavy atom. The Kier molecular flexibility index (Phi) is 5.38. The number of nitrogens with one attached hydrogen (secondary N) is 2. The lowest BCUT2D eigenvalue weighted by molar-refractivity contribution is -0.124. The van der Waals surface area contributed by atoms with E-state index in [0.717, 1.165) is 17.8 Å². The number of carbonyl (C=O) groups excluding carboxylic acids is 1. The fraction of sp³-hybridized carbons (Fsp3) is 0.389. The monoisotopic (exact) mass is 359 g/mol. The molecule has 0 saturated carbocycles. The minimum atomic E-state index is -0.0644. The van der Waals surface area contributed by atoms with Gasteiger partial charge in [-0.15, -0.1) is 0 Å². The molecule has 0 aliphatic carbocycles. The predicted octanol–water partition coefficient (Wildman–Crippen LogP) is 2.70. The van der Waals surface area contributed by atoms with Crippen LogP contribution in [0.1, 0.15) is 18.9 Å². The van der Waals surface area contributed by atoms with Gasteiger partial charge < -0.3 is 15.5 Å². The Bertz CT molecular complexity index is 740. The number of nitrogens with zero attached hydrogens (tertiary/aromatic N) is 3. The van der Waals surface area contributed by atoms with Crippen molar-refractivity contribution in [2.75, 3.05) is 23.8 Å². The third kappa shape index (κ3) is 4.20. The van der Waals surface area contributed by atoms with Gasteiger partial charge in [0.2, 0.25) is 11.9 Å². The Morgan fingerprint density at radius 1 is 1.32 bits per heavy atom. The van der Waals surface area contributed by atoms with Crippen molar-refractivity contribution >= 4 is 29.3 Å². The summed E-state index contributed by atoms with van der Waals surface area (Å²) in [4.78, 5) is 23.2. The molecule has 2 aromatic rings. The molecule has 1 fully saturated rings. The molecule has 2 atom stereocenters. The van der Waals surface area contributed by atoms with Crippen LogP contribution in [0.15, 0.2) is 36.4 Å². The van der Waals surface area contributed by atoms with Crippen LogP contribution in [-0.4, -0.2) is 35.5 Å². The zero-order chi connectivity index (χ0) is 17.8. The van der Waals surface area contributed by atoms with Crippen LogP contribution in [0.3, 0.4) is 0 Å². The van der Waals surface area contributed by atoms with Crippen molar-refractivity contribution in [1.82, 2.24) is 15.3 Å². The molecule has 0 spiro atoms. The summed E-state index contributed by atoms with van der Waals surface area (Å²) in [6.45, 7) is 3.27. The molecule has 1 saturated heterocycles. The largest absolute Gasteiger partial charge is 0.357 e. The lowest BCUT2D eigenvalue weighted by Crippen LogP contribution is -2.33. The first kappa shape index (κ1) is 17.5. The third-order valence-electron chi connectivity index (χ3n) is 4.45. The maximum atomic E-state index is 12.5. The second-order valence-corrected chi connectivity index (χ2v) is 6.65. The van der Waals surface area contributed by atoms with Crippen molar-refractivity contribution < 1.29 is 4.79 Å². The highest BCUT2D eigenvalue weighted by atomic mass is 35.5. The Morgan fingerprint density at radius 3 is 2.80 bits per heavy atom. The number of anilines is 2. The molecule has 0 unspecified atom stereocenters. The standard InChI is InChI=1S/C18H22ClN5O/c1-12-8-14(17(25)21-10-13-6-4-3-5-7-13)11-24(12)16-9-15(19)22-18(20-2)23-16/h3-7,9,12,14H,8,10-11H2,1-2H3,(H,21,25)(H,20,22,23)/t12-,14+/m0/s1. The van der Waals surface area contributed by atoms with Gasteiger partial charge in [0, 0.05) is 32.2 Å². The number of rotatable bonds is 5. The van der Waals surface area contributed by atoms with Crippen LogP contribution in [0.4, 0.5) is 11.8 Å². The summed E-state index contributed by atoms with van der Waals surface area (Å²) in [6, 6.07) is 11.9. The molecule has 2 N–H and O–H groups in total. The van der Waals surface area contributed by atoms with Crippen LogP contribution >= 0.6 is 11.6 Å². The second kappa shape index (κ2) is 7.70. The molecule has 2 heterocycles. The van der Waals surface area contributed by atoms with E-state index in [1.54, 1.807) is 13.1 Å². The van der Waals surface area contributed by atoms with Crippen LogP contribution in [-0.2, 0) is 11.3 Å². The van der Waals surface area contributed by atoms with E-state index >= 15 is 0 Å². The van der Waals surface area contributed by atoms with Crippen molar-refractivity contribution in [3.63, 3.8) is 0 Å². The average Bonchev–Trinajstić information content (AvgIpc) is 3.02. The summed E-state index contributed by atoms with van der Waals surface area (Å²) in [5, 5.41) is 6.32. The first-order chi connectivity index (χ1) is 12.1. The minimum Gasteiger partial charge on any atom is -0.357 e. The molecule has 7 heteroatoms. The van der Waals surface area contributed by atoms with E-state index in [9.17, 15) is 4.79 Å². The van der Waals surface area contributed by atoms with Gasteiger partial charge in [0.1, 0.15) is 11.0 Å². The lowest BCUT2D eigenvalue weighted by Gasteiger charge is -2.23. The van der Waals surface area contributed by atoms with Gasteiger partial charge in [0.25, 0.3) is 0 Å². The Balaban J connectivity index is 1.64. The lowest BCUT2D eigenvalue weighted by atomic mass is 10.1. The van der Waals surface area contributed by atoms with E-state index in [-0.39, 0.29) is 17.9 Å². The van der Waals surface area contributed by atoms with E-state index < -0.39 is 0 Å². The van der Waals surface area contributed by atoms with E-state index in [1.165, 1.54) is 0 Å².